The molecular weight excluding hydrogens is 606 g/mol. The molecule has 0 bridgehead atoms. The lowest BCUT2D eigenvalue weighted by Crippen LogP contribution is -2.33. The molecule has 1 saturated heterocycles. The molecule has 3 aromatic carbocycles. The van der Waals surface area contributed by atoms with Crippen LogP contribution in [-0.4, -0.2) is 34.7 Å². The standard InChI is InChI=1S/C37H42ClNO5S/c1-25(36(40)41)24-45-34(19-16-26-9-4-5-12-32(26)37(2,3)44-35-13-6-7-20-42-35)28-10-8-11-31(21-28)43-23-30-18-15-27-14-17-29(38)22-33(27)39-30/h4-5,8-12,14-15,17-18,21-22,25,34-35H,6-7,13,16,19-20,23-24H2,1-3H3,(H,40,41)/t25-,34+,35?/m0/s1. The predicted molar refractivity (Wildman–Crippen MR) is 182 cm³/mol. The number of carboxylic acids is 1. The fraction of sp³-hybridized carbons (Fsp3) is 0.405. The number of ether oxygens (including phenoxy) is 3. The van der Waals surface area contributed by atoms with Gasteiger partial charge in [-0.3, -0.25) is 4.79 Å². The van der Waals surface area contributed by atoms with Gasteiger partial charge in [0.05, 0.1) is 22.7 Å². The molecule has 1 aromatic heterocycles. The molecule has 1 N–H and O–H groups in total. The van der Waals surface area contributed by atoms with Crippen molar-refractivity contribution < 1.29 is 24.1 Å². The first-order valence-electron chi connectivity index (χ1n) is 15.7. The smallest absolute Gasteiger partial charge is 0.307 e. The number of hydrogen-bond acceptors (Lipinski definition) is 6. The Kier molecular flexibility index (Phi) is 11.4. The number of nitrogens with zero attached hydrogens (tertiary/aromatic N) is 1. The van der Waals surface area contributed by atoms with Gasteiger partial charge in [-0.2, -0.15) is 11.8 Å². The Labute approximate surface area is 275 Å². The highest BCUT2D eigenvalue weighted by Crippen LogP contribution is 2.38. The SMILES string of the molecule is C[C@@H](CS[C@H](CCc1ccccc1C(C)(C)OC1CCCCO1)c1cccc(OCc2ccc3ccc(Cl)cc3n2)c1)C(=O)O. The lowest BCUT2D eigenvalue weighted by Gasteiger charge is -2.34. The third kappa shape index (κ3) is 9.23. The van der Waals surface area contributed by atoms with E-state index in [9.17, 15) is 9.90 Å². The molecular formula is C37H42ClNO5S. The normalized spacial score (nSPS) is 16.8. The van der Waals surface area contributed by atoms with Gasteiger partial charge in [0.15, 0.2) is 6.29 Å². The highest BCUT2D eigenvalue weighted by Gasteiger charge is 2.30. The Balaban J connectivity index is 1.31. The Bertz CT molecular complexity index is 1590. The average molecular weight is 648 g/mol. The Hall–Kier alpha value is -3.10. The van der Waals surface area contributed by atoms with Gasteiger partial charge in [0, 0.05) is 28.0 Å². The quantitative estimate of drug-likeness (QED) is 0.146. The van der Waals surface area contributed by atoms with Crippen LogP contribution < -0.4 is 4.74 Å². The number of aryl methyl sites for hydroxylation is 1. The van der Waals surface area contributed by atoms with E-state index >= 15 is 0 Å². The van der Waals surface area contributed by atoms with E-state index in [0.717, 1.165) is 72.2 Å². The number of aliphatic carboxylic acids is 1. The monoisotopic (exact) mass is 647 g/mol. The Morgan fingerprint density at radius 3 is 2.71 bits per heavy atom. The highest BCUT2D eigenvalue weighted by atomic mass is 35.5. The molecule has 3 atom stereocenters. The van der Waals surface area contributed by atoms with Crippen LogP contribution >= 0.6 is 23.4 Å². The maximum Gasteiger partial charge on any atom is 0.307 e. The van der Waals surface area contributed by atoms with E-state index in [1.54, 1.807) is 18.7 Å². The van der Waals surface area contributed by atoms with Crippen LogP contribution in [0.25, 0.3) is 10.9 Å². The molecule has 1 aliphatic rings. The summed E-state index contributed by atoms with van der Waals surface area (Å²) < 4.78 is 18.6. The zero-order valence-corrected chi connectivity index (χ0v) is 27.8. The maximum absolute atomic E-state index is 11.6. The molecule has 0 amide bonds. The number of aromatic nitrogens is 1. The first-order chi connectivity index (χ1) is 21.7. The van der Waals surface area contributed by atoms with E-state index in [4.69, 9.17) is 30.8 Å². The zero-order chi connectivity index (χ0) is 31.8. The van der Waals surface area contributed by atoms with Crippen LogP contribution in [0.5, 0.6) is 5.75 Å². The van der Waals surface area contributed by atoms with Gasteiger partial charge in [-0.15, -0.1) is 0 Å². The van der Waals surface area contributed by atoms with Gasteiger partial charge in [0.1, 0.15) is 12.4 Å². The van der Waals surface area contributed by atoms with Crippen LogP contribution in [0.3, 0.4) is 0 Å². The lowest BCUT2D eigenvalue weighted by atomic mass is 9.90. The minimum absolute atomic E-state index is 0.0788. The van der Waals surface area contributed by atoms with Gasteiger partial charge in [0.25, 0.3) is 0 Å². The van der Waals surface area contributed by atoms with Gasteiger partial charge in [-0.05, 0) is 93.0 Å². The fourth-order valence-corrected chi connectivity index (χ4v) is 7.11. The molecule has 6 nitrogen and oxygen atoms in total. The molecule has 238 valence electrons. The van der Waals surface area contributed by atoms with Crippen LogP contribution in [-0.2, 0) is 32.9 Å². The number of carboxylic acid groups (broad SMARTS) is 1. The summed E-state index contributed by atoms with van der Waals surface area (Å²) in [5.74, 6) is 0.0419. The Morgan fingerprint density at radius 2 is 1.91 bits per heavy atom. The van der Waals surface area contributed by atoms with Crippen LogP contribution in [0.15, 0.2) is 78.9 Å². The fourth-order valence-electron chi connectivity index (χ4n) is 5.66. The van der Waals surface area contributed by atoms with Gasteiger partial charge >= 0.3 is 5.97 Å². The molecule has 5 rings (SSSR count). The summed E-state index contributed by atoms with van der Waals surface area (Å²) in [7, 11) is 0. The predicted octanol–water partition coefficient (Wildman–Crippen LogP) is 9.37. The lowest BCUT2D eigenvalue weighted by molar-refractivity contribution is -0.219. The number of fused-ring (bicyclic) bond motifs is 1. The molecule has 45 heavy (non-hydrogen) atoms. The van der Waals surface area contributed by atoms with Crippen molar-refractivity contribution in [2.24, 2.45) is 5.92 Å². The molecule has 1 unspecified atom stereocenters. The Morgan fingerprint density at radius 1 is 1.09 bits per heavy atom. The number of rotatable bonds is 14. The number of thioether (sulfide) groups is 1. The van der Waals surface area contributed by atoms with Crippen molar-refractivity contribution in [1.29, 1.82) is 0 Å². The van der Waals surface area contributed by atoms with Crippen LogP contribution in [0.2, 0.25) is 5.02 Å². The van der Waals surface area contributed by atoms with E-state index in [1.165, 1.54) is 5.56 Å². The van der Waals surface area contributed by atoms with Crippen molar-refractivity contribution in [1.82, 2.24) is 4.98 Å². The molecule has 4 aromatic rings. The average Bonchev–Trinajstić information content (AvgIpc) is 3.04. The van der Waals surface area contributed by atoms with Crippen molar-refractivity contribution in [3.05, 3.63) is 106 Å². The summed E-state index contributed by atoms with van der Waals surface area (Å²) in [4.78, 5) is 16.4. The van der Waals surface area contributed by atoms with Crippen molar-refractivity contribution >= 4 is 40.2 Å². The minimum Gasteiger partial charge on any atom is -0.487 e. The number of halogens is 1. The van der Waals surface area contributed by atoms with Crippen molar-refractivity contribution in [2.75, 3.05) is 12.4 Å². The van der Waals surface area contributed by atoms with Crippen LogP contribution in [0.1, 0.15) is 74.1 Å². The summed E-state index contributed by atoms with van der Waals surface area (Å²) in [6, 6.07) is 26.2. The minimum atomic E-state index is -0.781. The van der Waals surface area contributed by atoms with Gasteiger partial charge in [0.2, 0.25) is 0 Å². The van der Waals surface area contributed by atoms with Crippen molar-refractivity contribution in [3.63, 3.8) is 0 Å². The van der Waals surface area contributed by atoms with E-state index in [-0.39, 0.29) is 11.5 Å². The first kappa shape index (κ1) is 33.3. The van der Waals surface area contributed by atoms with Gasteiger partial charge in [-0.25, -0.2) is 4.98 Å². The molecule has 8 heteroatoms. The van der Waals surface area contributed by atoms with E-state index < -0.39 is 17.5 Å². The van der Waals surface area contributed by atoms with E-state index in [1.807, 2.05) is 42.5 Å². The number of hydrogen-bond donors (Lipinski definition) is 1. The molecule has 0 radical (unpaired) electrons. The second-order valence-electron chi connectivity index (χ2n) is 12.2. The second-order valence-corrected chi connectivity index (χ2v) is 13.9. The molecule has 1 aliphatic heterocycles. The van der Waals surface area contributed by atoms with Crippen molar-refractivity contribution in [2.45, 2.75) is 76.6 Å². The van der Waals surface area contributed by atoms with E-state index in [2.05, 4.69) is 50.2 Å². The third-order valence-corrected chi connectivity index (χ3v) is 10.0. The first-order valence-corrected chi connectivity index (χ1v) is 17.1. The van der Waals surface area contributed by atoms with Crippen molar-refractivity contribution in [3.8, 4) is 5.75 Å². The zero-order valence-electron chi connectivity index (χ0n) is 26.2. The molecule has 0 spiro atoms. The van der Waals surface area contributed by atoms with Crippen LogP contribution in [0, 0.1) is 5.92 Å². The van der Waals surface area contributed by atoms with E-state index in [0.29, 0.717) is 17.4 Å². The summed E-state index contributed by atoms with van der Waals surface area (Å²) in [5, 5.41) is 11.3. The third-order valence-electron chi connectivity index (χ3n) is 8.20. The summed E-state index contributed by atoms with van der Waals surface area (Å²) in [6.07, 6.45) is 4.58. The number of pyridine rings is 1. The molecule has 0 aliphatic carbocycles. The summed E-state index contributed by atoms with van der Waals surface area (Å²) in [6.45, 7) is 7.06. The van der Waals surface area contributed by atoms with Gasteiger partial charge < -0.3 is 19.3 Å². The maximum atomic E-state index is 11.6. The molecule has 2 heterocycles. The molecule has 1 fully saturated rings. The number of carbonyl (C=O) groups is 1. The van der Waals surface area contributed by atoms with Crippen LogP contribution in [0.4, 0.5) is 0 Å². The topological polar surface area (TPSA) is 77.9 Å². The second kappa shape index (κ2) is 15.5. The highest BCUT2D eigenvalue weighted by molar-refractivity contribution is 7.99. The number of benzene rings is 3. The largest absolute Gasteiger partial charge is 0.487 e. The summed E-state index contributed by atoms with van der Waals surface area (Å²) >= 11 is 7.86. The van der Waals surface area contributed by atoms with Gasteiger partial charge in [-0.1, -0.05) is 67.1 Å². The summed E-state index contributed by atoms with van der Waals surface area (Å²) in [5.41, 5.74) is 4.64. The molecule has 0 saturated carbocycles.